The lowest BCUT2D eigenvalue weighted by Gasteiger charge is -2.12. The van der Waals surface area contributed by atoms with E-state index in [1.54, 1.807) is 0 Å². The van der Waals surface area contributed by atoms with Gasteiger partial charge in [-0.25, -0.2) is 15.0 Å². The Hall–Kier alpha value is -6.59. The fraction of sp³-hybridized carbons (Fsp3) is 0. The smallest absolute Gasteiger partial charge is 0.164 e. The molecule has 5 nitrogen and oxygen atoms in total. The summed E-state index contributed by atoms with van der Waals surface area (Å²) in [6, 6.07) is 54.5. The van der Waals surface area contributed by atoms with Crippen LogP contribution in [-0.2, 0) is 0 Å². The Kier molecular flexibility index (Phi) is 5.81. The van der Waals surface area contributed by atoms with E-state index in [1.807, 2.05) is 30.3 Å². The molecule has 0 atom stereocenters. The van der Waals surface area contributed by atoms with Crippen molar-refractivity contribution in [3.63, 3.8) is 0 Å². The fourth-order valence-electron chi connectivity index (χ4n) is 7.03. The van der Waals surface area contributed by atoms with Crippen molar-refractivity contribution < 1.29 is 4.42 Å². The van der Waals surface area contributed by atoms with Gasteiger partial charge in [-0.05, 0) is 53.2 Å². The second-order valence-corrected chi connectivity index (χ2v) is 12.1. The second kappa shape index (κ2) is 10.5. The van der Waals surface area contributed by atoms with E-state index in [0.717, 1.165) is 60.7 Å². The molecule has 0 saturated heterocycles. The van der Waals surface area contributed by atoms with Crippen molar-refractivity contribution in [3.05, 3.63) is 158 Å². The van der Waals surface area contributed by atoms with Crippen LogP contribution in [0.5, 0.6) is 0 Å². The van der Waals surface area contributed by atoms with Gasteiger partial charge in [0.1, 0.15) is 11.2 Å². The van der Waals surface area contributed by atoms with Gasteiger partial charge >= 0.3 is 0 Å². The van der Waals surface area contributed by atoms with Gasteiger partial charge in [0, 0.05) is 43.9 Å². The normalized spacial score (nSPS) is 11.8. The van der Waals surface area contributed by atoms with Gasteiger partial charge in [0.15, 0.2) is 17.5 Å². The molecule has 0 fully saturated rings. The predicted octanol–water partition coefficient (Wildman–Crippen LogP) is 11.0. The molecule has 0 aliphatic carbocycles. The van der Waals surface area contributed by atoms with E-state index in [9.17, 15) is 0 Å². The van der Waals surface area contributed by atoms with Crippen LogP contribution in [0.25, 0.3) is 94.4 Å². The van der Waals surface area contributed by atoms with Gasteiger partial charge in [-0.3, -0.25) is 0 Å². The molecule has 0 amide bonds. The largest absolute Gasteiger partial charge is 0.456 e. The van der Waals surface area contributed by atoms with Crippen molar-refractivity contribution in [3.8, 4) is 39.9 Å². The number of hydrogen-bond donors (Lipinski definition) is 0. The molecule has 0 aliphatic rings. The van der Waals surface area contributed by atoms with E-state index >= 15 is 0 Å². The summed E-state index contributed by atoms with van der Waals surface area (Å²) in [6.45, 7) is 0. The summed E-state index contributed by atoms with van der Waals surface area (Å²) >= 11 is 0. The number of furan rings is 1. The van der Waals surface area contributed by atoms with Crippen molar-refractivity contribution in [1.82, 2.24) is 19.5 Å². The molecule has 3 aromatic heterocycles. The molecule has 7 aromatic carbocycles. The van der Waals surface area contributed by atoms with Crippen molar-refractivity contribution in [2.75, 3.05) is 0 Å². The van der Waals surface area contributed by atoms with Gasteiger partial charge in [0.25, 0.3) is 0 Å². The molecule has 0 spiro atoms. The lowest BCUT2D eigenvalue weighted by Crippen LogP contribution is -2.01. The Morgan fingerprint density at radius 3 is 1.81 bits per heavy atom. The Labute approximate surface area is 275 Å². The highest BCUT2D eigenvalue weighted by Gasteiger charge is 2.19. The highest BCUT2D eigenvalue weighted by atomic mass is 16.3. The van der Waals surface area contributed by atoms with Crippen LogP contribution >= 0.6 is 0 Å². The maximum atomic E-state index is 6.25. The zero-order valence-corrected chi connectivity index (χ0v) is 25.7. The minimum Gasteiger partial charge on any atom is -0.456 e. The summed E-state index contributed by atoms with van der Waals surface area (Å²) in [5.74, 6) is 1.82. The molecule has 48 heavy (non-hydrogen) atoms. The van der Waals surface area contributed by atoms with E-state index in [0.29, 0.717) is 17.5 Å². The van der Waals surface area contributed by atoms with Crippen LogP contribution in [0.2, 0.25) is 0 Å². The molecular weight excluding hydrogens is 589 g/mol. The molecule has 10 rings (SSSR count). The molecule has 0 aliphatic heterocycles. The lowest BCUT2D eigenvalue weighted by molar-refractivity contribution is 0.669. The SMILES string of the molecule is c1cc(-c2nc(-c3ccc4ccccc4c3)nc(-c3cccc4oc5ccccc5c34)n2)cc(-n2c3ccccc3c3ccccc32)c1. The predicted molar refractivity (Wildman–Crippen MR) is 195 cm³/mol. The van der Waals surface area contributed by atoms with Gasteiger partial charge in [-0.15, -0.1) is 0 Å². The molecule has 0 bridgehead atoms. The first-order chi connectivity index (χ1) is 23.8. The zero-order chi connectivity index (χ0) is 31.6. The minimum atomic E-state index is 0.600. The second-order valence-electron chi connectivity index (χ2n) is 12.1. The number of hydrogen-bond acceptors (Lipinski definition) is 4. The molecule has 10 aromatic rings. The average molecular weight is 615 g/mol. The zero-order valence-electron chi connectivity index (χ0n) is 25.7. The molecule has 0 unspecified atom stereocenters. The van der Waals surface area contributed by atoms with Crippen LogP contribution < -0.4 is 0 Å². The van der Waals surface area contributed by atoms with Crippen LogP contribution in [0.15, 0.2) is 162 Å². The molecule has 0 radical (unpaired) electrons. The number of nitrogens with zero attached hydrogens (tertiary/aromatic N) is 4. The number of para-hydroxylation sites is 3. The number of fused-ring (bicyclic) bond motifs is 7. The first-order valence-electron chi connectivity index (χ1n) is 16.0. The van der Waals surface area contributed by atoms with E-state index in [4.69, 9.17) is 19.4 Å². The monoisotopic (exact) mass is 614 g/mol. The van der Waals surface area contributed by atoms with Crippen LogP contribution in [0.3, 0.4) is 0 Å². The standard InChI is InChI=1S/C43H26N4O/c1-2-12-28-25-30(24-23-27(28)11-1)42-44-41(45-43(46-42)35-18-10-22-39-40(35)34-17-5-8-21-38(34)48-39)29-13-9-14-31(26-29)47-36-19-6-3-15-32(36)33-16-4-7-20-37(33)47/h1-26H. The third kappa shape index (κ3) is 4.15. The summed E-state index contributed by atoms with van der Waals surface area (Å²) in [4.78, 5) is 15.4. The Balaban J connectivity index is 1.22. The van der Waals surface area contributed by atoms with Gasteiger partial charge in [-0.1, -0.05) is 115 Å². The molecule has 0 saturated carbocycles. The van der Waals surface area contributed by atoms with Crippen molar-refractivity contribution >= 4 is 54.5 Å². The van der Waals surface area contributed by atoms with Crippen molar-refractivity contribution in [1.29, 1.82) is 0 Å². The molecule has 3 heterocycles. The van der Waals surface area contributed by atoms with Gasteiger partial charge in [0.2, 0.25) is 0 Å². The number of benzene rings is 7. The quantitative estimate of drug-likeness (QED) is 0.198. The van der Waals surface area contributed by atoms with E-state index in [1.165, 1.54) is 16.2 Å². The maximum Gasteiger partial charge on any atom is 0.164 e. The maximum absolute atomic E-state index is 6.25. The van der Waals surface area contributed by atoms with Crippen LogP contribution in [0.4, 0.5) is 0 Å². The first kappa shape index (κ1) is 26.6. The molecule has 224 valence electrons. The highest BCUT2D eigenvalue weighted by molar-refractivity contribution is 6.12. The summed E-state index contributed by atoms with van der Waals surface area (Å²) in [5, 5.41) is 6.78. The fourth-order valence-corrected chi connectivity index (χ4v) is 7.03. The van der Waals surface area contributed by atoms with Gasteiger partial charge in [0.05, 0.1) is 11.0 Å². The van der Waals surface area contributed by atoms with Crippen LogP contribution in [0, 0.1) is 0 Å². The van der Waals surface area contributed by atoms with Crippen LogP contribution in [-0.4, -0.2) is 19.5 Å². The Morgan fingerprint density at radius 1 is 0.417 bits per heavy atom. The summed E-state index contributed by atoms with van der Waals surface area (Å²) in [6.07, 6.45) is 0. The minimum absolute atomic E-state index is 0.600. The number of rotatable bonds is 4. The Morgan fingerprint density at radius 2 is 1.02 bits per heavy atom. The van der Waals surface area contributed by atoms with Gasteiger partial charge < -0.3 is 8.98 Å². The topological polar surface area (TPSA) is 56.7 Å². The van der Waals surface area contributed by atoms with E-state index in [-0.39, 0.29) is 0 Å². The first-order valence-corrected chi connectivity index (χ1v) is 16.0. The third-order valence-electron chi connectivity index (χ3n) is 9.23. The summed E-state index contributed by atoms with van der Waals surface area (Å²) < 4.78 is 8.56. The third-order valence-corrected chi connectivity index (χ3v) is 9.23. The molecular formula is C43H26N4O. The van der Waals surface area contributed by atoms with Crippen molar-refractivity contribution in [2.24, 2.45) is 0 Å². The summed E-state index contributed by atoms with van der Waals surface area (Å²) in [7, 11) is 0. The summed E-state index contributed by atoms with van der Waals surface area (Å²) in [5.41, 5.74) is 7.73. The van der Waals surface area contributed by atoms with Crippen LogP contribution in [0.1, 0.15) is 0 Å². The average Bonchev–Trinajstić information content (AvgIpc) is 3.71. The molecule has 0 N–H and O–H groups in total. The Bertz CT molecular complexity index is 2810. The molecule has 5 heteroatoms. The van der Waals surface area contributed by atoms with E-state index in [2.05, 4.69) is 132 Å². The van der Waals surface area contributed by atoms with E-state index < -0.39 is 0 Å². The number of aromatic nitrogens is 4. The van der Waals surface area contributed by atoms with Gasteiger partial charge in [-0.2, -0.15) is 0 Å². The lowest BCUT2D eigenvalue weighted by atomic mass is 10.0. The highest BCUT2D eigenvalue weighted by Crippen LogP contribution is 2.37. The van der Waals surface area contributed by atoms with Crippen molar-refractivity contribution in [2.45, 2.75) is 0 Å².